The molecule has 0 aromatic carbocycles. The lowest BCUT2D eigenvalue weighted by molar-refractivity contribution is 0.139. The van der Waals surface area contributed by atoms with Gasteiger partial charge in [0.05, 0.1) is 6.26 Å². The van der Waals surface area contributed by atoms with Crippen LogP contribution in [0.4, 0.5) is 0 Å². The molecule has 1 atom stereocenters. The molecule has 1 rings (SSSR count). The molecule has 1 unspecified atom stereocenters. The maximum absolute atomic E-state index is 9.32. The Balaban J connectivity index is 2.50. The van der Waals surface area contributed by atoms with Crippen LogP contribution >= 0.6 is 0 Å². The van der Waals surface area contributed by atoms with E-state index in [-0.39, 0.29) is 0 Å². The third-order valence-electron chi connectivity index (χ3n) is 1.43. The Kier molecular flexibility index (Phi) is 2.51. The molecule has 0 spiro atoms. The average molecular weight is 140 g/mol. The molecule has 0 amide bonds. The van der Waals surface area contributed by atoms with Crippen LogP contribution in [0.2, 0.25) is 0 Å². The summed E-state index contributed by atoms with van der Waals surface area (Å²) in [4.78, 5) is 0. The molecule has 0 aliphatic heterocycles. The van der Waals surface area contributed by atoms with E-state index < -0.39 is 6.10 Å². The normalized spacial score (nSPS) is 13.4. The molecular formula is C8H12O2. The fourth-order valence-electron chi connectivity index (χ4n) is 0.897. The SMILES string of the molecule is CCCC(O)c1ccco1. The monoisotopic (exact) mass is 140 g/mol. The molecule has 1 aromatic rings. The predicted octanol–water partition coefficient (Wildman–Crippen LogP) is 2.11. The molecule has 2 nitrogen and oxygen atoms in total. The minimum atomic E-state index is -0.417. The van der Waals surface area contributed by atoms with Crippen molar-refractivity contribution in [1.82, 2.24) is 0 Å². The fraction of sp³-hybridized carbons (Fsp3) is 0.500. The van der Waals surface area contributed by atoms with Crippen molar-refractivity contribution in [1.29, 1.82) is 0 Å². The van der Waals surface area contributed by atoms with Crippen molar-refractivity contribution in [2.45, 2.75) is 25.9 Å². The largest absolute Gasteiger partial charge is 0.467 e. The van der Waals surface area contributed by atoms with Gasteiger partial charge in [-0.15, -0.1) is 0 Å². The zero-order chi connectivity index (χ0) is 7.40. The summed E-state index contributed by atoms with van der Waals surface area (Å²) in [5.41, 5.74) is 0. The van der Waals surface area contributed by atoms with Gasteiger partial charge in [-0.3, -0.25) is 0 Å². The number of aliphatic hydroxyl groups is 1. The molecule has 2 heteroatoms. The van der Waals surface area contributed by atoms with Crippen LogP contribution in [0.15, 0.2) is 22.8 Å². The lowest BCUT2D eigenvalue weighted by Crippen LogP contribution is -1.93. The molecule has 1 N–H and O–H groups in total. The molecule has 1 heterocycles. The second kappa shape index (κ2) is 3.42. The smallest absolute Gasteiger partial charge is 0.132 e. The lowest BCUT2D eigenvalue weighted by atomic mass is 10.2. The minimum Gasteiger partial charge on any atom is -0.467 e. The van der Waals surface area contributed by atoms with Crippen molar-refractivity contribution < 1.29 is 9.52 Å². The molecule has 1 aromatic heterocycles. The van der Waals surface area contributed by atoms with Gasteiger partial charge in [-0.05, 0) is 18.6 Å². The number of hydrogen-bond acceptors (Lipinski definition) is 2. The number of aliphatic hydroxyl groups excluding tert-OH is 1. The summed E-state index contributed by atoms with van der Waals surface area (Å²) < 4.78 is 5.00. The van der Waals surface area contributed by atoms with E-state index in [2.05, 4.69) is 0 Å². The zero-order valence-corrected chi connectivity index (χ0v) is 6.08. The maximum atomic E-state index is 9.32. The van der Waals surface area contributed by atoms with Gasteiger partial charge in [-0.2, -0.15) is 0 Å². The van der Waals surface area contributed by atoms with Crippen LogP contribution in [-0.4, -0.2) is 5.11 Å². The summed E-state index contributed by atoms with van der Waals surface area (Å²) in [5.74, 6) is 0.668. The van der Waals surface area contributed by atoms with Crippen molar-refractivity contribution in [3.8, 4) is 0 Å². The van der Waals surface area contributed by atoms with Crippen molar-refractivity contribution in [3.63, 3.8) is 0 Å². The van der Waals surface area contributed by atoms with E-state index in [0.29, 0.717) is 5.76 Å². The minimum absolute atomic E-state index is 0.417. The van der Waals surface area contributed by atoms with Crippen molar-refractivity contribution >= 4 is 0 Å². The Hall–Kier alpha value is -0.760. The molecular weight excluding hydrogens is 128 g/mol. The molecule has 10 heavy (non-hydrogen) atoms. The van der Waals surface area contributed by atoms with Gasteiger partial charge >= 0.3 is 0 Å². The molecule has 0 bridgehead atoms. The Bertz CT molecular complexity index is 167. The number of furan rings is 1. The Morgan fingerprint density at radius 2 is 2.50 bits per heavy atom. The summed E-state index contributed by atoms with van der Waals surface area (Å²) in [6.45, 7) is 2.03. The van der Waals surface area contributed by atoms with Crippen molar-refractivity contribution in [3.05, 3.63) is 24.2 Å². The summed E-state index contributed by atoms with van der Waals surface area (Å²) >= 11 is 0. The number of hydrogen-bond donors (Lipinski definition) is 1. The average Bonchev–Trinajstić information content (AvgIpc) is 2.38. The first-order chi connectivity index (χ1) is 4.84. The third kappa shape index (κ3) is 1.61. The van der Waals surface area contributed by atoms with Gasteiger partial charge in [0.2, 0.25) is 0 Å². The van der Waals surface area contributed by atoms with Crippen LogP contribution in [0.25, 0.3) is 0 Å². The van der Waals surface area contributed by atoms with Crippen LogP contribution in [0, 0.1) is 0 Å². The van der Waals surface area contributed by atoms with Crippen LogP contribution in [0.3, 0.4) is 0 Å². The van der Waals surface area contributed by atoms with Crippen LogP contribution < -0.4 is 0 Å². The quantitative estimate of drug-likeness (QED) is 0.697. The molecule has 0 aliphatic rings. The van der Waals surface area contributed by atoms with E-state index >= 15 is 0 Å². The van der Waals surface area contributed by atoms with Crippen LogP contribution in [0.5, 0.6) is 0 Å². The Labute approximate surface area is 60.5 Å². The second-order valence-electron chi connectivity index (χ2n) is 2.32. The molecule has 0 fully saturated rings. The van der Waals surface area contributed by atoms with Crippen molar-refractivity contribution in [2.75, 3.05) is 0 Å². The van der Waals surface area contributed by atoms with E-state index in [1.165, 1.54) is 0 Å². The summed E-state index contributed by atoms with van der Waals surface area (Å²) in [6, 6.07) is 3.58. The third-order valence-corrected chi connectivity index (χ3v) is 1.43. The molecule has 0 saturated heterocycles. The predicted molar refractivity (Wildman–Crippen MR) is 38.6 cm³/mol. The highest BCUT2D eigenvalue weighted by Crippen LogP contribution is 2.17. The van der Waals surface area contributed by atoms with E-state index in [0.717, 1.165) is 12.8 Å². The highest BCUT2D eigenvalue weighted by Gasteiger charge is 2.07. The first-order valence-electron chi connectivity index (χ1n) is 3.56. The topological polar surface area (TPSA) is 33.4 Å². The highest BCUT2D eigenvalue weighted by atomic mass is 16.4. The second-order valence-corrected chi connectivity index (χ2v) is 2.32. The van der Waals surface area contributed by atoms with E-state index in [1.807, 2.05) is 6.92 Å². The Morgan fingerprint density at radius 1 is 1.70 bits per heavy atom. The molecule has 0 saturated carbocycles. The molecule has 0 radical (unpaired) electrons. The van der Waals surface area contributed by atoms with Gasteiger partial charge in [0.1, 0.15) is 11.9 Å². The van der Waals surface area contributed by atoms with Crippen LogP contribution in [-0.2, 0) is 0 Å². The lowest BCUT2D eigenvalue weighted by Gasteiger charge is -2.03. The summed E-state index contributed by atoms with van der Waals surface area (Å²) in [5, 5.41) is 9.32. The van der Waals surface area contributed by atoms with E-state index in [9.17, 15) is 5.11 Å². The fourth-order valence-corrected chi connectivity index (χ4v) is 0.897. The van der Waals surface area contributed by atoms with Gasteiger partial charge < -0.3 is 9.52 Å². The van der Waals surface area contributed by atoms with E-state index in [4.69, 9.17) is 4.42 Å². The van der Waals surface area contributed by atoms with E-state index in [1.54, 1.807) is 18.4 Å². The first-order valence-corrected chi connectivity index (χ1v) is 3.56. The summed E-state index contributed by atoms with van der Waals surface area (Å²) in [7, 11) is 0. The molecule has 0 aliphatic carbocycles. The standard InChI is InChI=1S/C8H12O2/c1-2-4-7(9)8-5-3-6-10-8/h3,5-7,9H,2,4H2,1H3. The van der Waals surface area contributed by atoms with Gasteiger partial charge in [0.25, 0.3) is 0 Å². The van der Waals surface area contributed by atoms with Crippen LogP contribution in [0.1, 0.15) is 31.6 Å². The number of rotatable bonds is 3. The van der Waals surface area contributed by atoms with Gasteiger partial charge in [0, 0.05) is 0 Å². The van der Waals surface area contributed by atoms with Gasteiger partial charge in [-0.25, -0.2) is 0 Å². The molecule has 56 valence electrons. The zero-order valence-electron chi connectivity index (χ0n) is 6.08. The van der Waals surface area contributed by atoms with Crippen molar-refractivity contribution in [2.24, 2.45) is 0 Å². The van der Waals surface area contributed by atoms with Gasteiger partial charge in [-0.1, -0.05) is 13.3 Å². The Morgan fingerprint density at radius 3 is 3.00 bits per heavy atom. The maximum Gasteiger partial charge on any atom is 0.132 e. The summed E-state index contributed by atoms with van der Waals surface area (Å²) in [6.07, 6.45) is 2.91. The van der Waals surface area contributed by atoms with Gasteiger partial charge in [0.15, 0.2) is 0 Å². The first kappa shape index (κ1) is 7.35. The highest BCUT2D eigenvalue weighted by molar-refractivity contribution is 5.01.